The molecule has 0 aromatic heterocycles. The van der Waals surface area contributed by atoms with Gasteiger partial charge in [-0.2, -0.15) is 0 Å². The summed E-state index contributed by atoms with van der Waals surface area (Å²) in [5.41, 5.74) is 7.10. The Bertz CT molecular complexity index is 519. The molecule has 0 saturated carbocycles. The fraction of sp³-hybridized carbons (Fsp3) is 0.471. The topological polar surface area (TPSA) is 62.9 Å². The van der Waals surface area contributed by atoms with E-state index in [1.807, 2.05) is 19.9 Å². The zero-order valence-corrected chi connectivity index (χ0v) is 13.5. The molecule has 2 rings (SSSR count). The van der Waals surface area contributed by atoms with Crippen LogP contribution in [0, 0.1) is 0 Å². The number of guanidine groups is 1. The molecule has 5 heteroatoms. The van der Waals surface area contributed by atoms with E-state index in [2.05, 4.69) is 40.0 Å². The number of nitrogens with zero attached hydrogens (tertiary/aromatic N) is 2. The van der Waals surface area contributed by atoms with Crippen LogP contribution >= 0.6 is 0 Å². The Kier molecular flexibility index (Phi) is 5.83. The summed E-state index contributed by atoms with van der Waals surface area (Å²) in [6.45, 7) is 10.2. The molecule has 1 fully saturated rings. The molecule has 0 aliphatic carbocycles. The normalized spacial score (nSPS) is 27.0. The maximum atomic E-state index is 5.89. The van der Waals surface area contributed by atoms with Crippen LogP contribution in [0.15, 0.2) is 53.3 Å². The molecule has 0 spiro atoms. The average molecular weight is 302 g/mol. The van der Waals surface area contributed by atoms with Gasteiger partial charge in [0.05, 0.1) is 18.7 Å². The summed E-state index contributed by atoms with van der Waals surface area (Å²) in [6, 6.07) is 0.236. The van der Waals surface area contributed by atoms with E-state index in [1.165, 1.54) is 5.57 Å². The van der Waals surface area contributed by atoms with E-state index in [0.29, 0.717) is 12.6 Å². The van der Waals surface area contributed by atoms with Gasteiger partial charge in [0.1, 0.15) is 5.82 Å². The molecule has 22 heavy (non-hydrogen) atoms. The Labute approximate surface area is 132 Å². The van der Waals surface area contributed by atoms with E-state index < -0.39 is 0 Å². The first-order chi connectivity index (χ1) is 10.7. The molecule has 1 unspecified atom stereocenters. The summed E-state index contributed by atoms with van der Waals surface area (Å²) >= 11 is 0. The monoisotopic (exact) mass is 302 g/mol. The third kappa shape index (κ3) is 4.01. The van der Waals surface area contributed by atoms with Gasteiger partial charge in [0.15, 0.2) is 5.96 Å². The van der Waals surface area contributed by atoms with E-state index in [1.54, 1.807) is 6.08 Å². The van der Waals surface area contributed by atoms with Gasteiger partial charge in [-0.05, 0) is 31.9 Å². The van der Waals surface area contributed by atoms with E-state index in [9.17, 15) is 0 Å². The molecule has 2 aliphatic rings. The van der Waals surface area contributed by atoms with E-state index >= 15 is 0 Å². The Morgan fingerprint density at radius 3 is 3.09 bits per heavy atom. The third-order valence-electron chi connectivity index (χ3n) is 3.79. The van der Waals surface area contributed by atoms with Crippen molar-refractivity contribution in [2.75, 3.05) is 19.8 Å². The first kappa shape index (κ1) is 16.4. The van der Waals surface area contributed by atoms with Crippen molar-refractivity contribution in [3.8, 4) is 0 Å². The van der Waals surface area contributed by atoms with Crippen LogP contribution in [0.2, 0.25) is 0 Å². The van der Waals surface area contributed by atoms with Crippen molar-refractivity contribution >= 4 is 5.96 Å². The minimum Gasteiger partial charge on any atom is -0.379 e. The second kappa shape index (κ2) is 7.84. The molecule has 120 valence electrons. The van der Waals surface area contributed by atoms with Gasteiger partial charge < -0.3 is 20.7 Å². The average Bonchev–Trinajstić information content (AvgIpc) is 2.73. The first-order valence-corrected chi connectivity index (χ1v) is 7.77. The van der Waals surface area contributed by atoms with E-state index in [4.69, 9.17) is 10.5 Å². The second-order valence-corrected chi connectivity index (χ2v) is 5.45. The van der Waals surface area contributed by atoms with Gasteiger partial charge in [-0.15, -0.1) is 0 Å². The highest BCUT2D eigenvalue weighted by atomic mass is 16.5. The summed E-state index contributed by atoms with van der Waals surface area (Å²) in [5, 5.41) is 3.20. The number of rotatable bonds is 4. The molecule has 0 radical (unpaired) electrons. The Hall–Kier alpha value is -2.01. The van der Waals surface area contributed by atoms with Gasteiger partial charge in [0.2, 0.25) is 0 Å². The van der Waals surface area contributed by atoms with Crippen LogP contribution in [0.1, 0.15) is 20.3 Å². The highest BCUT2D eigenvalue weighted by Crippen LogP contribution is 2.22. The molecule has 1 saturated heterocycles. The number of ether oxygens (including phenoxy) is 1. The van der Waals surface area contributed by atoms with E-state index in [0.717, 1.165) is 25.4 Å². The quantitative estimate of drug-likeness (QED) is 0.779. The summed E-state index contributed by atoms with van der Waals surface area (Å²) in [7, 11) is 0. The summed E-state index contributed by atoms with van der Waals surface area (Å²) in [4.78, 5) is 6.63. The molecule has 0 bridgehead atoms. The number of nitrogens with two attached hydrogens (primary N) is 1. The molecule has 2 aliphatic heterocycles. The third-order valence-corrected chi connectivity index (χ3v) is 3.79. The van der Waals surface area contributed by atoms with Crippen molar-refractivity contribution in [2.45, 2.75) is 32.4 Å². The zero-order chi connectivity index (χ0) is 15.9. The Balaban J connectivity index is 2.28. The molecule has 5 nitrogen and oxygen atoms in total. The maximum Gasteiger partial charge on any atom is 0.194 e. The van der Waals surface area contributed by atoms with Crippen molar-refractivity contribution in [2.24, 2.45) is 10.7 Å². The number of aliphatic imine (C=N–C) groups is 1. The lowest BCUT2D eigenvalue weighted by atomic mass is 10.0. The maximum absolute atomic E-state index is 5.89. The van der Waals surface area contributed by atoms with Gasteiger partial charge in [-0.25, -0.2) is 4.99 Å². The molecule has 0 aromatic rings. The fourth-order valence-corrected chi connectivity index (χ4v) is 2.78. The SMILES string of the molecule is C=C/C=C\C(=C/C)[C@H]1COCCCN1C1=CC(C)N=C(N)N1. The van der Waals surface area contributed by atoms with Crippen LogP contribution in [0.25, 0.3) is 0 Å². The molecule has 0 amide bonds. The first-order valence-electron chi connectivity index (χ1n) is 7.77. The van der Waals surface area contributed by atoms with Gasteiger partial charge >= 0.3 is 0 Å². The highest BCUT2D eigenvalue weighted by Gasteiger charge is 2.27. The summed E-state index contributed by atoms with van der Waals surface area (Å²) < 4.78 is 5.79. The Morgan fingerprint density at radius 1 is 1.59 bits per heavy atom. The summed E-state index contributed by atoms with van der Waals surface area (Å²) in [6.07, 6.45) is 11.1. The summed E-state index contributed by atoms with van der Waals surface area (Å²) in [5.74, 6) is 1.49. The van der Waals surface area contributed by atoms with Crippen molar-refractivity contribution in [3.05, 3.63) is 48.4 Å². The van der Waals surface area contributed by atoms with Gasteiger partial charge in [-0.1, -0.05) is 30.9 Å². The molecule has 2 atom stereocenters. The standard InChI is InChI=1S/C17H26N4O/c1-4-6-8-14(5-2)15-12-22-10-7-9-21(15)16-11-13(3)19-17(18)20-16/h4-6,8,11,13,15H,1,7,9-10,12H2,2-3H3,(H3,18,19,20)/b8-6-,14-5+/t13?,15-/m1/s1. The Morgan fingerprint density at radius 2 is 2.41 bits per heavy atom. The van der Waals surface area contributed by atoms with Gasteiger partial charge in [-0.3, -0.25) is 0 Å². The molecule has 2 heterocycles. The van der Waals surface area contributed by atoms with Gasteiger partial charge in [0.25, 0.3) is 0 Å². The fourth-order valence-electron chi connectivity index (χ4n) is 2.78. The lowest BCUT2D eigenvalue weighted by molar-refractivity contribution is 0.123. The van der Waals surface area contributed by atoms with Crippen LogP contribution in [-0.4, -0.2) is 42.7 Å². The van der Waals surface area contributed by atoms with Crippen molar-refractivity contribution < 1.29 is 4.74 Å². The largest absolute Gasteiger partial charge is 0.379 e. The molecule has 3 N–H and O–H groups in total. The minimum atomic E-state index is 0.0823. The number of hydrogen-bond acceptors (Lipinski definition) is 5. The van der Waals surface area contributed by atoms with E-state index in [-0.39, 0.29) is 12.1 Å². The molecular weight excluding hydrogens is 276 g/mol. The van der Waals surface area contributed by atoms with Crippen LogP contribution in [-0.2, 0) is 4.74 Å². The van der Waals surface area contributed by atoms with Gasteiger partial charge in [0, 0.05) is 13.2 Å². The lowest BCUT2D eigenvalue weighted by Gasteiger charge is -2.36. The van der Waals surface area contributed by atoms with Crippen molar-refractivity contribution in [1.82, 2.24) is 10.2 Å². The van der Waals surface area contributed by atoms with Crippen molar-refractivity contribution in [3.63, 3.8) is 0 Å². The molecule has 0 aromatic carbocycles. The lowest BCUT2D eigenvalue weighted by Crippen LogP contribution is -2.47. The van der Waals surface area contributed by atoms with Crippen LogP contribution in [0.3, 0.4) is 0 Å². The number of hydrogen-bond donors (Lipinski definition) is 2. The number of allylic oxidation sites excluding steroid dienone is 3. The zero-order valence-electron chi connectivity index (χ0n) is 13.5. The minimum absolute atomic E-state index is 0.0823. The second-order valence-electron chi connectivity index (χ2n) is 5.45. The predicted octanol–water partition coefficient (Wildman–Crippen LogP) is 1.91. The van der Waals surface area contributed by atoms with Crippen LogP contribution < -0.4 is 11.1 Å². The molecular formula is C17H26N4O. The van der Waals surface area contributed by atoms with Crippen molar-refractivity contribution in [1.29, 1.82) is 0 Å². The number of nitrogens with one attached hydrogen (secondary N) is 1. The smallest absolute Gasteiger partial charge is 0.194 e. The van der Waals surface area contributed by atoms with Crippen LogP contribution in [0.4, 0.5) is 0 Å². The van der Waals surface area contributed by atoms with Crippen LogP contribution in [0.5, 0.6) is 0 Å². The predicted molar refractivity (Wildman–Crippen MR) is 91.3 cm³/mol. The highest BCUT2D eigenvalue weighted by molar-refractivity contribution is 5.80.